The standard InChI is InChI=1S/C9H4BrN3O2/c10-8-6-4(1-2-11-8)7-5(3-12-6)13-9(14)15-7/h1-3H,(H,13,14). The van der Waals surface area contributed by atoms with E-state index in [9.17, 15) is 4.79 Å². The fourth-order valence-electron chi connectivity index (χ4n) is 1.49. The minimum Gasteiger partial charge on any atom is -0.407 e. The van der Waals surface area contributed by atoms with Crippen LogP contribution in [0, 0.1) is 0 Å². The molecular weight excluding hydrogens is 262 g/mol. The summed E-state index contributed by atoms with van der Waals surface area (Å²) in [7, 11) is 0. The van der Waals surface area contributed by atoms with Crippen LogP contribution in [0.2, 0.25) is 0 Å². The van der Waals surface area contributed by atoms with E-state index in [1.54, 1.807) is 18.5 Å². The zero-order chi connectivity index (χ0) is 10.4. The Bertz CT molecular complexity index is 716. The zero-order valence-corrected chi connectivity index (χ0v) is 8.91. The molecule has 0 amide bonds. The van der Waals surface area contributed by atoms with Gasteiger partial charge in [0.25, 0.3) is 0 Å². The Morgan fingerprint density at radius 2 is 2.27 bits per heavy atom. The Morgan fingerprint density at radius 1 is 1.40 bits per heavy atom. The normalized spacial score (nSPS) is 11.3. The second kappa shape index (κ2) is 2.90. The van der Waals surface area contributed by atoms with Crippen LogP contribution in [0.3, 0.4) is 0 Å². The molecule has 0 saturated carbocycles. The zero-order valence-electron chi connectivity index (χ0n) is 7.32. The van der Waals surface area contributed by atoms with Gasteiger partial charge in [-0.15, -0.1) is 0 Å². The van der Waals surface area contributed by atoms with Gasteiger partial charge in [0.05, 0.1) is 6.20 Å². The minimum atomic E-state index is -0.479. The third-order valence-electron chi connectivity index (χ3n) is 2.12. The molecule has 0 atom stereocenters. The van der Waals surface area contributed by atoms with Crippen molar-refractivity contribution in [1.82, 2.24) is 15.0 Å². The van der Waals surface area contributed by atoms with Crippen molar-refractivity contribution >= 4 is 37.9 Å². The lowest BCUT2D eigenvalue weighted by atomic mass is 10.2. The molecular formula is C9H4BrN3O2. The highest BCUT2D eigenvalue weighted by atomic mass is 79.9. The van der Waals surface area contributed by atoms with Crippen LogP contribution < -0.4 is 5.76 Å². The summed E-state index contributed by atoms with van der Waals surface area (Å²) in [6.07, 6.45) is 3.18. The molecule has 3 rings (SSSR count). The van der Waals surface area contributed by atoms with Gasteiger partial charge in [0.1, 0.15) is 15.6 Å². The molecule has 1 N–H and O–H groups in total. The van der Waals surface area contributed by atoms with Crippen LogP contribution in [0.25, 0.3) is 22.0 Å². The molecule has 0 radical (unpaired) electrons. The first kappa shape index (κ1) is 8.60. The van der Waals surface area contributed by atoms with Crippen LogP contribution in [0.4, 0.5) is 0 Å². The molecule has 3 heterocycles. The van der Waals surface area contributed by atoms with E-state index >= 15 is 0 Å². The topological polar surface area (TPSA) is 71.8 Å². The van der Waals surface area contributed by atoms with E-state index < -0.39 is 5.76 Å². The highest BCUT2D eigenvalue weighted by molar-refractivity contribution is 9.10. The first-order valence-corrected chi connectivity index (χ1v) is 4.97. The Morgan fingerprint density at radius 3 is 3.13 bits per heavy atom. The molecule has 0 unspecified atom stereocenters. The van der Waals surface area contributed by atoms with E-state index in [0.717, 1.165) is 5.39 Å². The van der Waals surface area contributed by atoms with Gasteiger partial charge in [0, 0.05) is 11.6 Å². The third-order valence-corrected chi connectivity index (χ3v) is 2.70. The number of rotatable bonds is 0. The number of aromatic nitrogens is 3. The number of hydrogen-bond donors (Lipinski definition) is 1. The maximum absolute atomic E-state index is 11.0. The number of halogens is 1. The molecule has 0 fully saturated rings. The largest absolute Gasteiger partial charge is 0.417 e. The molecule has 3 aromatic heterocycles. The summed E-state index contributed by atoms with van der Waals surface area (Å²) in [4.78, 5) is 21.8. The Kier molecular flexibility index (Phi) is 1.66. The van der Waals surface area contributed by atoms with E-state index in [4.69, 9.17) is 4.42 Å². The summed E-state index contributed by atoms with van der Waals surface area (Å²) in [5, 5.41) is 0.757. The molecule has 6 heteroatoms. The molecule has 0 aromatic carbocycles. The molecule has 15 heavy (non-hydrogen) atoms. The lowest BCUT2D eigenvalue weighted by Gasteiger charge is -1.97. The predicted molar refractivity (Wildman–Crippen MR) is 57.6 cm³/mol. The Labute approximate surface area is 91.3 Å². The summed E-state index contributed by atoms with van der Waals surface area (Å²) in [6.45, 7) is 0. The van der Waals surface area contributed by atoms with Crippen LogP contribution in [-0.2, 0) is 0 Å². The fourth-order valence-corrected chi connectivity index (χ4v) is 1.93. The Hall–Kier alpha value is -1.69. The molecule has 0 spiro atoms. The van der Waals surface area contributed by atoms with E-state index in [0.29, 0.717) is 21.2 Å². The summed E-state index contributed by atoms with van der Waals surface area (Å²) in [5.74, 6) is -0.479. The predicted octanol–water partition coefficient (Wildman–Crippen LogP) is 1.83. The second-order valence-electron chi connectivity index (χ2n) is 3.01. The first-order chi connectivity index (χ1) is 7.25. The van der Waals surface area contributed by atoms with Crippen molar-refractivity contribution in [2.45, 2.75) is 0 Å². The average molecular weight is 266 g/mol. The van der Waals surface area contributed by atoms with Crippen molar-refractivity contribution in [3.63, 3.8) is 0 Å². The molecule has 5 nitrogen and oxygen atoms in total. The number of oxazole rings is 1. The minimum absolute atomic E-state index is 0.479. The highest BCUT2D eigenvalue weighted by Gasteiger charge is 2.09. The summed E-state index contributed by atoms with van der Waals surface area (Å²) in [6, 6.07) is 1.76. The summed E-state index contributed by atoms with van der Waals surface area (Å²) in [5.41, 5.74) is 1.77. The van der Waals surface area contributed by atoms with Gasteiger partial charge in [0.2, 0.25) is 0 Å². The van der Waals surface area contributed by atoms with Gasteiger partial charge in [0.15, 0.2) is 5.58 Å². The van der Waals surface area contributed by atoms with E-state index in [1.807, 2.05) is 0 Å². The number of nitrogens with one attached hydrogen (secondary N) is 1. The molecule has 3 aromatic rings. The molecule has 0 bridgehead atoms. The van der Waals surface area contributed by atoms with Crippen molar-refractivity contribution in [3.8, 4) is 0 Å². The van der Waals surface area contributed by atoms with Gasteiger partial charge in [-0.25, -0.2) is 9.78 Å². The molecule has 0 aliphatic rings. The average Bonchev–Trinajstić information content (AvgIpc) is 2.59. The maximum Gasteiger partial charge on any atom is 0.417 e. The van der Waals surface area contributed by atoms with Gasteiger partial charge >= 0.3 is 5.76 Å². The lowest BCUT2D eigenvalue weighted by Crippen LogP contribution is -1.92. The van der Waals surface area contributed by atoms with Gasteiger partial charge < -0.3 is 4.42 Å². The van der Waals surface area contributed by atoms with Gasteiger partial charge in [-0.05, 0) is 22.0 Å². The van der Waals surface area contributed by atoms with Gasteiger partial charge in [-0.1, -0.05) is 0 Å². The number of nitrogens with zero attached hydrogens (tertiary/aromatic N) is 2. The quantitative estimate of drug-likeness (QED) is 0.630. The van der Waals surface area contributed by atoms with Crippen molar-refractivity contribution in [1.29, 1.82) is 0 Å². The molecule has 0 aliphatic heterocycles. The molecule has 74 valence electrons. The monoisotopic (exact) mass is 265 g/mol. The van der Waals surface area contributed by atoms with Crippen molar-refractivity contribution < 1.29 is 4.42 Å². The van der Waals surface area contributed by atoms with Crippen LogP contribution >= 0.6 is 15.9 Å². The molecule has 0 saturated heterocycles. The molecule has 0 aliphatic carbocycles. The van der Waals surface area contributed by atoms with E-state index in [1.165, 1.54) is 0 Å². The number of fused-ring (bicyclic) bond motifs is 3. The first-order valence-electron chi connectivity index (χ1n) is 4.18. The van der Waals surface area contributed by atoms with Gasteiger partial charge in [-0.3, -0.25) is 9.97 Å². The van der Waals surface area contributed by atoms with Crippen LogP contribution in [0.1, 0.15) is 0 Å². The number of aromatic amines is 1. The Balaban J connectivity index is 2.65. The number of H-pyrrole nitrogens is 1. The summed E-state index contributed by atoms with van der Waals surface area (Å²) < 4.78 is 5.67. The van der Waals surface area contributed by atoms with Crippen LogP contribution in [0.5, 0.6) is 0 Å². The SMILES string of the molecule is O=c1[nH]c2cnc3c(Br)nccc3c2o1. The number of hydrogen-bond acceptors (Lipinski definition) is 4. The highest BCUT2D eigenvalue weighted by Crippen LogP contribution is 2.24. The van der Waals surface area contributed by atoms with Crippen LogP contribution in [0.15, 0.2) is 32.3 Å². The lowest BCUT2D eigenvalue weighted by molar-refractivity contribution is 0.558. The van der Waals surface area contributed by atoms with Crippen LogP contribution in [-0.4, -0.2) is 15.0 Å². The summed E-state index contributed by atoms with van der Waals surface area (Å²) >= 11 is 3.29. The second-order valence-corrected chi connectivity index (χ2v) is 3.76. The van der Waals surface area contributed by atoms with E-state index in [2.05, 4.69) is 30.9 Å². The third kappa shape index (κ3) is 1.18. The van der Waals surface area contributed by atoms with Crippen molar-refractivity contribution in [2.24, 2.45) is 0 Å². The van der Waals surface area contributed by atoms with Crippen molar-refractivity contribution in [3.05, 3.63) is 33.6 Å². The van der Waals surface area contributed by atoms with Crippen molar-refractivity contribution in [2.75, 3.05) is 0 Å². The van der Waals surface area contributed by atoms with E-state index in [-0.39, 0.29) is 0 Å². The van der Waals surface area contributed by atoms with Gasteiger partial charge in [-0.2, -0.15) is 0 Å². The fraction of sp³-hybridized carbons (Fsp3) is 0. The maximum atomic E-state index is 11.0. The number of pyridine rings is 2. The smallest absolute Gasteiger partial charge is 0.407 e.